The molecule has 2 heterocycles. The number of aliphatic hydroxyl groups excluding tert-OH is 1. The van der Waals surface area contributed by atoms with Crippen molar-refractivity contribution < 1.29 is 5.11 Å². The van der Waals surface area contributed by atoms with E-state index in [0.29, 0.717) is 11.4 Å². The fourth-order valence-corrected chi connectivity index (χ4v) is 4.00. The number of rotatable bonds is 3. The molecule has 19 heavy (non-hydrogen) atoms. The molecular weight excluding hydrogens is 278 g/mol. The zero-order valence-corrected chi connectivity index (χ0v) is 12.2. The van der Waals surface area contributed by atoms with Gasteiger partial charge in [0.25, 0.3) is 0 Å². The van der Waals surface area contributed by atoms with Gasteiger partial charge >= 0.3 is 0 Å². The second-order valence-electron chi connectivity index (χ2n) is 4.99. The summed E-state index contributed by atoms with van der Waals surface area (Å²) < 4.78 is 0. The molecule has 1 N–H and O–H groups in total. The highest BCUT2D eigenvalue weighted by atomic mass is 35.5. The van der Waals surface area contributed by atoms with Crippen LogP contribution >= 0.6 is 22.9 Å². The minimum absolute atomic E-state index is 0.462. The van der Waals surface area contributed by atoms with Crippen molar-refractivity contribution in [3.8, 4) is 0 Å². The quantitative estimate of drug-likeness (QED) is 0.929. The molecule has 2 nitrogen and oxygen atoms in total. The van der Waals surface area contributed by atoms with Gasteiger partial charge in [0.15, 0.2) is 0 Å². The summed E-state index contributed by atoms with van der Waals surface area (Å²) in [5.41, 5.74) is 2.39. The number of hydrogen-bond donors (Lipinski definition) is 1. The van der Waals surface area contributed by atoms with E-state index in [1.165, 1.54) is 29.7 Å². The average molecular weight is 294 g/mol. The van der Waals surface area contributed by atoms with Crippen LogP contribution in [0.4, 0.5) is 0 Å². The lowest BCUT2D eigenvalue weighted by atomic mass is 9.98. The Kier molecular flexibility index (Phi) is 3.87. The van der Waals surface area contributed by atoms with E-state index in [0.717, 1.165) is 16.9 Å². The fraction of sp³-hybridized carbons (Fsp3) is 0.400. The van der Waals surface area contributed by atoms with Crippen LogP contribution in [-0.4, -0.2) is 10.1 Å². The van der Waals surface area contributed by atoms with E-state index in [1.807, 2.05) is 6.07 Å². The van der Waals surface area contributed by atoms with Crippen molar-refractivity contribution in [3.05, 3.63) is 50.4 Å². The Morgan fingerprint density at radius 1 is 1.37 bits per heavy atom. The van der Waals surface area contributed by atoms with Crippen LogP contribution in [0.3, 0.4) is 0 Å². The van der Waals surface area contributed by atoms with Gasteiger partial charge in [-0.1, -0.05) is 11.6 Å². The number of halogens is 1. The summed E-state index contributed by atoms with van der Waals surface area (Å²) >= 11 is 7.85. The third-order valence-electron chi connectivity index (χ3n) is 3.61. The predicted molar refractivity (Wildman–Crippen MR) is 78.9 cm³/mol. The summed E-state index contributed by atoms with van der Waals surface area (Å²) in [6.45, 7) is 0. The molecule has 0 amide bonds. The molecule has 0 saturated carbocycles. The van der Waals surface area contributed by atoms with Crippen molar-refractivity contribution in [1.29, 1.82) is 0 Å². The lowest BCUT2D eigenvalue weighted by Gasteiger charge is -2.09. The molecule has 2 aromatic rings. The summed E-state index contributed by atoms with van der Waals surface area (Å²) in [4.78, 5) is 6.50. The monoisotopic (exact) mass is 293 g/mol. The standard InChI is InChI=1S/C15H16ClNOS/c16-12-9-17-6-5-10(12)7-13(18)15-8-11-3-1-2-4-14(11)19-15/h5-6,8-9,13,18H,1-4,7H2. The van der Waals surface area contributed by atoms with Crippen LogP contribution in [0, 0.1) is 0 Å². The van der Waals surface area contributed by atoms with Gasteiger partial charge in [-0.15, -0.1) is 11.3 Å². The molecule has 1 aliphatic carbocycles. The summed E-state index contributed by atoms with van der Waals surface area (Å²) in [6, 6.07) is 4.05. The van der Waals surface area contributed by atoms with Crippen molar-refractivity contribution >= 4 is 22.9 Å². The molecule has 1 aliphatic rings. The van der Waals surface area contributed by atoms with Gasteiger partial charge in [0, 0.05) is 28.6 Å². The van der Waals surface area contributed by atoms with E-state index >= 15 is 0 Å². The molecule has 1 atom stereocenters. The topological polar surface area (TPSA) is 33.1 Å². The third kappa shape index (κ3) is 2.83. The van der Waals surface area contributed by atoms with E-state index in [2.05, 4.69) is 11.1 Å². The molecule has 3 rings (SSSR count). The number of nitrogens with zero attached hydrogens (tertiary/aromatic N) is 1. The number of pyridine rings is 1. The first kappa shape index (κ1) is 13.1. The van der Waals surface area contributed by atoms with Gasteiger partial charge in [0.05, 0.1) is 11.1 Å². The smallest absolute Gasteiger partial charge is 0.0922 e. The van der Waals surface area contributed by atoms with Crippen molar-refractivity contribution in [2.24, 2.45) is 0 Å². The van der Waals surface area contributed by atoms with Crippen LogP contribution in [0.1, 0.15) is 39.8 Å². The second-order valence-corrected chi connectivity index (χ2v) is 6.57. The van der Waals surface area contributed by atoms with E-state index in [-0.39, 0.29) is 0 Å². The van der Waals surface area contributed by atoms with E-state index in [9.17, 15) is 5.11 Å². The fourth-order valence-electron chi connectivity index (χ4n) is 2.56. The van der Waals surface area contributed by atoms with Gasteiger partial charge in [-0.2, -0.15) is 0 Å². The largest absolute Gasteiger partial charge is 0.387 e. The van der Waals surface area contributed by atoms with Crippen LogP contribution in [0.5, 0.6) is 0 Å². The van der Waals surface area contributed by atoms with Crippen molar-refractivity contribution in [1.82, 2.24) is 4.98 Å². The minimum Gasteiger partial charge on any atom is -0.387 e. The molecular formula is C15H16ClNOS. The van der Waals surface area contributed by atoms with E-state index < -0.39 is 6.10 Å². The van der Waals surface area contributed by atoms with Crippen LogP contribution in [-0.2, 0) is 19.3 Å². The Balaban J connectivity index is 1.79. The van der Waals surface area contributed by atoms with Crippen LogP contribution in [0.15, 0.2) is 24.5 Å². The average Bonchev–Trinajstić information content (AvgIpc) is 2.85. The summed E-state index contributed by atoms with van der Waals surface area (Å²) in [6.07, 6.45) is 8.32. The minimum atomic E-state index is -0.462. The number of fused-ring (bicyclic) bond motifs is 1. The van der Waals surface area contributed by atoms with Crippen molar-refractivity contribution in [2.45, 2.75) is 38.2 Å². The lowest BCUT2D eigenvalue weighted by Crippen LogP contribution is -2.00. The Hall–Kier alpha value is -0.900. The number of aromatic nitrogens is 1. The van der Waals surface area contributed by atoms with E-state index in [1.54, 1.807) is 23.7 Å². The molecule has 0 aliphatic heterocycles. The Labute approximate surface area is 122 Å². The highest BCUT2D eigenvalue weighted by Crippen LogP contribution is 2.34. The summed E-state index contributed by atoms with van der Waals surface area (Å²) in [5.74, 6) is 0. The first-order valence-electron chi connectivity index (χ1n) is 6.62. The molecule has 4 heteroatoms. The van der Waals surface area contributed by atoms with Crippen molar-refractivity contribution in [3.63, 3.8) is 0 Å². The lowest BCUT2D eigenvalue weighted by molar-refractivity contribution is 0.182. The highest BCUT2D eigenvalue weighted by molar-refractivity contribution is 7.12. The molecule has 0 aromatic carbocycles. The van der Waals surface area contributed by atoms with Crippen LogP contribution in [0.25, 0.3) is 0 Å². The first-order valence-corrected chi connectivity index (χ1v) is 7.81. The van der Waals surface area contributed by atoms with Gasteiger partial charge in [0.1, 0.15) is 0 Å². The molecule has 0 fully saturated rings. The number of hydrogen-bond acceptors (Lipinski definition) is 3. The Bertz CT molecular complexity index is 558. The number of thiophene rings is 1. The zero-order chi connectivity index (χ0) is 13.2. The normalized spacial score (nSPS) is 16.1. The molecule has 0 spiro atoms. The van der Waals surface area contributed by atoms with Gasteiger partial charge in [-0.25, -0.2) is 0 Å². The van der Waals surface area contributed by atoms with Crippen LogP contribution in [0.2, 0.25) is 5.02 Å². The number of aryl methyl sites for hydroxylation is 2. The Morgan fingerprint density at radius 3 is 3.00 bits per heavy atom. The summed E-state index contributed by atoms with van der Waals surface area (Å²) in [7, 11) is 0. The van der Waals surface area contributed by atoms with Gasteiger partial charge in [-0.05, 0) is 48.9 Å². The number of aliphatic hydroxyl groups is 1. The van der Waals surface area contributed by atoms with Crippen LogP contribution < -0.4 is 0 Å². The SMILES string of the molecule is OC(Cc1ccncc1Cl)c1cc2c(s1)CCCC2. The van der Waals surface area contributed by atoms with Gasteiger partial charge < -0.3 is 5.11 Å². The first-order chi connectivity index (χ1) is 9.24. The molecule has 0 bridgehead atoms. The van der Waals surface area contributed by atoms with Crippen molar-refractivity contribution in [2.75, 3.05) is 0 Å². The maximum Gasteiger partial charge on any atom is 0.0922 e. The highest BCUT2D eigenvalue weighted by Gasteiger charge is 2.18. The third-order valence-corrected chi connectivity index (χ3v) is 5.29. The molecule has 1 unspecified atom stereocenters. The van der Waals surface area contributed by atoms with Gasteiger partial charge in [-0.3, -0.25) is 4.98 Å². The summed E-state index contributed by atoms with van der Waals surface area (Å²) in [5, 5.41) is 11.0. The predicted octanol–water partition coefficient (Wildman–Crippen LogP) is 3.95. The molecule has 0 saturated heterocycles. The Morgan fingerprint density at radius 2 is 2.21 bits per heavy atom. The maximum atomic E-state index is 10.4. The molecule has 2 aromatic heterocycles. The van der Waals surface area contributed by atoms with Gasteiger partial charge in [0.2, 0.25) is 0 Å². The second kappa shape index (κ2) is 5.61. The van der Waals surface area contributed by atoms with E-state index in [4.69, 9.17) is 11.6 Å². The zero-order valence-electron chi connectivity index (χ0n) is 10.6. The molecule has 0 radical (unpaired) electrons. The maximum absolute atomic E-state index is 10.4. The molecule has 100 valence electrons.